The Kier molecular flexibility index (Phi) is 4.07. The summed E-state index contributed by atoms with van der Waals surface area (Å²) in [6, 6.07) is 16.3. The quantitative estimate of drug-likeness (QED) is 0.584. The van der Waals surface area contributed by atoms with Crippen LogP contribution in [0.25, 0.3) is 10.9 Å². The highest BCUT2D eigenvalue weighted by molar-refractivity contribution is 6.06. The van der Waals surface area contributed by atoms with Crippen LogP contribution in [0.2, 0.25) is 0 Å². The molecule has 1 aromatic carbocycles. The number of rotatable bonds is 4. The van der Waals surface area contributed by atoms with Gasteiger partial charge in [0.15, 0.2) is 17.5 Å². The summed E-state index contributed by atoms with van der Waals surface area (Å²) < 4.78 is 10.6. The third-order valence-corrected chi connectivity index (χ3v) is 4.13. The molecule has 0 aliphatic heterocycles. The molecule has 3 heterocycles. The normalized spacial score (nSPS) is 10.5. The minimum absolute atomic E-state index is 0.134. The lowest BCUT2D eigenvalue weighted by molar-refractivity contribution is 0.0996. The maximum Gasteiger partial charge on any atom is 0.292 e. The van der Waals surface area contributed by atoms with Crippen molar-refractivity contribution < 1.29 is 13.6 Å². The first-order chi connectivity index (χ1) is 13.2. The highest BCUT2D eigenvalue weighted by Gasteiger charge is 2.22. The van der Waals surface area contributed by atoms with Crippen molar-refractivity contribution in [1.29, 1.82) is 5.26 Å². The third-order valence-electron chi connectivity index (χ3n) is 4.13. The van der Waals surface area contributed by atoms with E-state index in [0.717, 1.165) is 5.39 Å². The molecule has 0 atom stereocenters. The van der Waals surface area contributed by atoms with Crippen LogP contribution >= 0.6 is 0 Å². The molecule has 0 aliphatic rings. The zero-order chi connectivity index (χ0) is 18.8. The van der Waals surface area contributed by atoms with E-state index >= 15 is 0 Å². The number of pyridine rings is 1. The Morgan fingerprint density at radius 1 is 1.11 bits per heavy atom. The van der Waals surface area contributed by atoms with Crippen LogP contribution in [0.15, 0.2) is 69.9 Å². The van der Waals surface area contributed by atoms with Gasteiger partial charge in [-0.1, -0.05) is 18.2 Å². The number of nitrogens with zero attached hydrogens (tertiary/aromatic N) is 3. The number of benzene rings is 1. The van der Waals surface area contributed by atoms with Crippen molar-refractivity contribution >= 4 is 34.2 Å². The molecule has 0 bridgehead atoms. The van der Waals surface area contributed by atoms with Crippen molar-refractivity contribution in [2.24, 2.45) is 0 Å². The molecule has 0 unspecified atom stereocenters. The number of fused-ring (bicyclic) bond motifs is 1. The summed E-state index contributed by atoms with van der Waals surface area (Å²) in [5.41, 5.74) is 1.46. The van der Waals surface area contributed by atoms with Crippen LogP contribution in [-0.4, -0.2) is 17.9 Å². The first-order valence-corrected chi connectivity index (χ1v) is 8.14. The van der Waals surface area contributed by atoms with Crippen molar-refractivity contribution in [2.75, 3.05) is 17.3 Å². The topological polar surface area (TPSA) is 95.3 Å². The van der Waals surface area contributed by atoms with Gasteiger partial charge in [-0.15, -0.1) is 0 Å². The number of carbonyl (C=O) groups excluding carboxylic acids is 1. The van der Waals surface area contributed by atoms with E-state index in [0.29, 0.717) is 17.1 Å². The molecule has 1 amide bonds. The molecule has 0 radical (unpaired) electrons. The van der Waals surface area contributed by atoms with Crippen molar-refractivity contribution in [2.45, 2.75) is 0 Å². The second-order valence-corrected chi connectivity index (χ2v) is 5.75. The number of nitriles is 1. The first-order valence-electron chi connectivity index (χ1n) is 8.14. The molecule has 0 fully saturated rings. The van der Waals surface area contributed by atoms with Crippen molar-refractivity contribution in [1.82, 2.24) is 4.98 Å². The van der Waals surface area contributed by atoms with E-state index in [4.69, 9.17) is 8.83 Å². The summed E-state index contributed by atoms with van der Waals surface area (Å²) in [6.07, 6.45) is 2.96. The van der Waals surface area contributed by atoms with Gasteiger partial charge in [-0.05, 0) is 24.3 Å². The second-order valence-electron chi connectivity index (χ2n) is 5.75. The Balaban J connectivity index is 1.90. The Labute approximate surface area is 154 Å². The van der Waals surface area contributed by atoms with Gasteiger partial charge in [0.05, 0.1) is 23.7 Å². The van der Waals surface area contributed by atoms with Gasteiger partial charge in [0.1, 0.15) is 11.6 Å². The van der Waals surface area contributed by atoms with Crippen LogP contribution in [-0.2, 0) is 0 Å². The maximum atomic E-state index is 12.4. The lowest BCUT2D eigenvalue weighted by Crippen LogP contribution is -2.17. The van der Waals surface area contributed by atoms with Gasteiger partial charge in [0, 0.05) is 18.5 Å². The lowest BCUT2D eigenvalue weighted by Gasteiger charge is -2.21. The highest BCUT2D eigenvalue weighted by atomic mass is 16.3. The number of aromatic nitrogens is 1. The molecule has 0 saturated carbocycles. The summed E-state index contributed by atoms with van der Waals surface area (Å²) in [7, 11) is 1.79. The van der Waals surface area contributed by atoms with E-state index in [-0.39, 0.29) is 17.1 Å². The van der Waals surface area contributed by atoms with Gasteiger partial charge in [-0.3, -0.25) is 4.79 Å². The second kappa shape index (κ2) is 6.69. The number of hydrogen-bond acceptors (Lipinski definition) is 6. The fourth-order valence-electron chi connectivity index (χ4n) is 2.89. The zero-order valence-electron chi connectivity index (χ0n) is 14.3. The van der Waals surface area contributed by atoms with E-state index in [2.05, 4.69) is 16.4 Å². The average molecular weight is 358 g/mol. The Morgan fingerprint density at radius 2 is 1.89 bits per heavy atom. The molecule has 1 N–H and O–H groups in total. The van der Waals surface area contributed by atoms with Crippen LogP contribution < -0.4 is 10.2 Å². The fourth-order valence-corrected chi connectivity index (χ4v) is 2.89. The number of para-hydroxylation sites is 1. The summed E-state index contributed by atoms with van der Waals surface area (Å²) >= 11 is 0. The highest BCUT2D eigenvalue weighted by Crippen LogP contribution is 2.37. The van der Waals surface area contributed by atoms with Gasteiger partial charge < -0.3 is 19.1 Å². The molecular weight excluding hydrogens is 344 g/mol. The Bertz CT molecular complexity index is 1140. The molecule has 4 rings (SSSR count). The lowest BCUT2D eigenvalue weighted by atomic mass is 10.1. The standard InChI is InChI=1S/C20H14N4O3/c1-24(17-9-5-11-27-17)18-13-6-2-3-7-15(13)22-19(14(18)12-21)23-20(25)16-8-4-10-26-16/h2-11H,1H3,(H,22,23,25). The van der Waals surface area contributed by atoms with Crippen LogP contribution in [0.1, 0.15) is 16.1 Å². The Morgan fingerprint density at radius 3 is 2.59 bits per heavy atom. The van der Waals surface area contributed by atoms with Crippen LogP contribution in [0, 0.1) is 11.3 Å². The van der Waals surface area contributed by atoms with E-state index in [1.165, 1.54) is 12.3 Å². The third kappa shape index (κ3) is 2.89. The van der Waals surface area contributed by atoms with Gasteiger partial charge in [0.2, 0.25) is 0 Å². The summed E-state index contributed by atoms with van der Waals surface area (Å²) in [4.78, 5) is 18.6. The van der Waals surface area contributed by atoms with Crippen LogP contribution in [0.4, 0.5) is 17.4 Å². The molecule has 7 nitrogen and oxygen atoms in total. The number of nitrogens with one attached hydrogen (secondary N) is 1. The van der Waals surface area contributed by atoms with Crippen molar-refractivity contribution in [3.8, 4) is 6.07 Å². The minimum atomic E-state index is -0.481. The molecule has 3 aromatic heterocycles. The smallest absolute Gasteiger partial charge is 0.292 e. The molecule has 0 saturated heterocycles. The number of carbonyl (C=O) groups is 1. The molecular formula is C20H14N4O3. The number of amides is 1. The number of furan rings is 2. The first kappa shape index (κ1) is 16.4. The molecule has 0 spiro atoms. The van der Waals surface area contributed by atoms with Crippen molar-refractivity contribution in [3.63, 3.8) is 0 Å². The zero-order valence-corrected chi connectivity index (χ0v) is 14.3. The van der Waals surface area contributed by atoms with Gasteiger partial charge in [0.25, 0.3) is 5.91 Å². The monoisotopic (exact) mass is 358 g/mol. The van der Waals surface area contributed by atoms with Gasteiger partial charge >= 0.3 is 0 Å². The number of hydrogen-bond donors (Lipinski definition) is 1. The molecule has 0 aliphatic carbocycles. The van der Waals surface area contributed by atoms with Gasteiger partial charge in [-0.25, -0.2) is 4.98 Å². The summed E-state index contributed by atoms with van der Waals surface area (Å²) in [5.74, 6) is 0.373. The van der Waals surface area contributed by atoms with E-state index in [1.54, 1.807) is 36.4 Å². The van der Waals surface area contributed by atoms with E-state index < -0.39 is 5.91 Å². The largest absolute Gasteiger partial charge is 0.459 e. The summed E-state index contributed by atoms with van der Waals surface area (Å²) in [5, 5.41) is 13.3. The molecule has 27 heavy (non-hydrogen) atoms. The molecule has 4 aromatic rings. The van der Waals surface area contributed by atoms with E-state index in [1.807, 2.05) is 24.3 Å². The average Bonchev–Trinajstić information content (AvgIpc) is 3.40. The van der Waals surface area contributed by atoms with Gasteiger partial charge in [-0.2, -0.15) is 5.26 Å². The SMILES string of the molecule is CN(c1ccco1)c1c(C#N)c(NC(=O)c2ccco2)nc2ccccc12. The van der Waals surface area contributed by atoms with Crippen molar-refractivity contribution in [3.05, 3.63) is 72.4 Å². The number of anilines is 3. The van der Waals surface area contributed by atoms with Crippen LogP contribution in [0.5, 0.6) is 0 Å². The molecule has 132 valence electrons. The van der Waals surface area contributed by atoms with E-state index in [9.17, 15) is 10.1 Å². The summed E-state index contributed by atoms with van der Waals surface area (Å²) in [6.45, 7) is 0. The maximum absolute atomic E-state index is 12.4. The fraction of sp³-hybridized carbons (Fsp3) is 0.0500. The molecule has 7 heteroatoms. The Hall–Kier alpha value is -4.05. The predicted molar refractivity (Wildman–Crippen MR) is 99.9 cm³/mol. The minimum Gasteiger partial charge on any atom is -0.459 e. The van der Waals surface area contributed by atoms with Crippen LogP contribution in [0.3, 0.4) is 0 Å². The predicted octanol–water partition coefficient (Wildman–Crippen LogP) is 4.31.